The van der Waals surface area contributed by atoms with Crippen LogP contribution in [0.15, 0.2) is 66.7 Å². The average Bonchev–Trinajstić information content (AvgIpc) is 3.17. The third-order valence-corrected chi connectivity index (χ3v) is 5.99. The highest BCUT2D eigenvalue weighted by atomic mass is 16.5. The first-order chi connectivity index (χ1) is 16.0. The first-order valence-electron chi connectivity index (χ1n) is 11.5. The van der Waals surface area contributed by atoms with Crippen LogP contribution in [0.5, 0.6) is 5.75 Å². The zero-order valence-corrected chi connectivity index (χ0v) is 19.8. The highest BCUT2D eigenvalue weighted by Gasteiger charge is 2.19. The number of hydrogen-bond donors (Lipinski definition) is 1. The van der Waals surface area contributed by atoms with Gasteiger partial charge in [-0.25, -0.2) is 4.98 Å². The second-order valence-corrected chi connectivity index (χ2v) is 8.54. The summed E-state index contributed by atoms with van der Waals surface area (Å²) in [5, 5.41) is 3.13. The van der Waals surface area contributed by atoms with Gasteiger partial charge in [-0.05, 0) is 69.0 Å². The molecular formula is C28H31N3O2. The van der Waals surface area contributed by atoms with Crippen molar-refractivity contribution in [2.45, 2.75) is 46.7 Å². The average molecular weight is 442 g/mol. The maximum Gasteiger partial charge on any atom is 0.252 e. The number of carbonyl (C=O) groups is 1. The second kappa shape index (κ2) is 9.90. The molecule has 0 aliphatic rings. The summed E-state index contributed by atoms with van der Waals surface area (Å²) < 4.78 is 8.31. The summed E-state index contributed by atoms with van der Waals surface area (Å²) in [6, 6.07) is 21.7. The Morgan fingerprint density at radius 1 is 0.939 bits per heavy atom. The van der Waals surface area contributed by atoms with Gasteiger partial charge in [-0.3, -0.25) is 4.79 Å². The maximum atomic E-state index is 12.9. The molecule has 1 N–H and O–H groups in total. The van der Waals surface area contributed by atoms with Crippen molar-refractivity contribution < 1.29 is 9.53 Å². The van der Waals surface area contributed by atoms with Gasteiger partial charge < -0.3 is 14.6 Å². The molecule has 0 bridgehead atoms. The predicted molar refractivity (Wildman–Crippen MR) is 133 cm³/mol. The number of rotatable bonds is 8. The van der Waals surface area contributed by atoms with Crippen LogP contribution in [0.1, 0.15) is 52.3 Å². The molecule has 0 aliphatic carbocycles. The third-order valence-electron chi connectivity index (χ3n) is 5.99. The van der Waals surface area contributed by atoms with E-state index >= 15 is 0 Å². The Labute approximate surface area is 195 Å². The maximum absolute atomic E-state index is 12.9. The van der Waals surface area contributed by atoms with Crippen molar-refractivity contribution in [3.05, 3.63) is 94.8 Å². The summed E-state index contributed by atoms with van der Waals surface area (Å²) >= 11 is 0. The van der Waals surface area contributed by atoms with E-state index < -0.39 is 0 Å². The Morgan fingerprint density at radius 3 is 2.36 bits per heavy atom. The number of benzene rings is 3. The van der Waals surface area contributed by atoms with Crippen LogP contribution in [0.2, 0.25) is 0 Å². The van der Waals surface area contributed by atoms with E-state index in [2.05, 4.69) is 41.9 Å². The number of nitrogens with one attached hydrogen (secondary N) is 1. The number of para-hydroxylation sites is 3. The monoisotopic (exact) mass is 441 g/mol. The summed E-state index contributed by atoms with van der Waals surface area (Å²) in [4.78, 5) is 17.7. The van der Waals surface area contributed by atoms with Crippen LogP contribution >= 0.6 is 0 Å². The Hall–Kier alpha value is -3.60. The highest BCUT2D eigenvalue weighted by molar-refractivity contribution is 5.95. The second-order valence-electron chi connectivity index (χ2n) is 8.54. The number of carbonyl (C=O) groups excluding carboxylic acids is 1. The molecule has 1 unspecified atom stereocenters. The van der Waals surface area contributed by atoms with Crippen molar-refractivity contribution in [3.63, 3.8) is 0 Å². The van der Waals surface area contributed by atoms with Crippen LogP contribution in [0.25, 0.3) is 11.0 Å². The van der Waals surface area contributed by atoms with Gasteiger partial charge in [0.2, 0.25) is 0 Å². The molecular weight excluding hydrogens is 410 g/mol. The molecule has 1 heterocycles. The number of ether oxygens (including phenoxy) is 1. The molecule has 0 radical (unpaired) electrons. The fourth-order valence-corrected chi connectivity index (χ4v) is 4.25. The topological polar surface area (TPSA) is 56.2 Å². The Bertz CT molecular complexity index is 1260. The van der Waals surface area contributed by atoms with E-state index in [1.54, 1.807) is 0 Å². The molecule has 4 rings (SSSR count). The molecule has 3 aromatic carbocycles. The summed E-state index contributed by atoms with van der Waals surface area (Å²) in [5.41, 5.74) is 5.94. The molecule has 5 heteroatoms. The van der Waals surface area contributed by atoms with E-state index in [9.17, 15) is 4.79 Å². The normalized spacial score (nSPS) is 12.0. The van der Waals surface area contributed by atoms with E-state index in [-0.39, 0.29) is 11.9 Å². The SMILES string of the molecule is Cc1ccccc1C(=O)NC(C)c1nc2ccccc2n1CCCOc1c(C)cccc1C. The molecule has 0 saturated carbocycles. The quantitative estimate of drug-likeness (QED) is 0.345. The fraction of sp³-hybridized carbons (Fsp3) is 0.286. The molecule has 4 aromatic rings. The molecule has 0 saturated heterocycles. The largest absolute Gasteiger partial charge is 0.493 e. The van der Waals surface area contributed by atoms with Crippen molar-refractivity contribution in [2.75, 3.05) is 6.61 Å². The van der Waals surface area contributed by atoms with Crippen molar-refractivity contribution in [1.29, 1.82) is 0 Å². The van der Waals surface area contributed by atoms with E-state index in [0.717, 1.165) is 52.3 Å². The first kappa shape index (κ1) is 22.6. The minimum atomic E-state index is -0.232. The van der Waals surface area contributed by atoms with Crippen molar-refractivity contribution in [3.8, 4) is 5.75 Å². The lowest BCUT2D eigenvalue weighted by Gasteiger charge is -2.17. The summed E-state index contributed by atoms with van der Waals surface area (Å²) in [6.45, 7) is 9.45. The number of hydrogen-bond acceptors (Lipinski definition) is 3. The fourth-order valence-electron chi connectivity index (χ4n) is 4.25. The van der Waals surface area contributed by atoms with Gasteiger partial charge in [0.1, 0.15) is 11.6 Å². The van der Waals surface area contributed by atoms with Crippen molar-refractivity contribution >= 4 is 16.9 Å². The smallest absolute Gasteiger partial charge is 0.252 e. The molecule has 0 fully saturated rings. The van der Waals surface area contributed by atoms with Gasteiger partial charge in [0.25, 0.3) is 5.91 Å². The predicted octanol–water partition coefficient (Wildman–Crippen LogP) is 5.92. The van der Waals surface area contributed by atoms with Crippen molar-refractivity contribution in [2.24, 2.45) is 0 Å². The Balaban J connectivity index is 1.50. The number of amides is 1. The minimum absolute atomic E-state index is 0.0856. The number of aryl methyl sites for hydroxylation is 4. The van der Waals surface area contributed by atoms with Crippen LogP contribution in [0.4, 0.5) is 0 Å². The molecule has 33 heavy (non-hydrogen) atoms. The summed E-state index contributed by atoms with van der Waals surface area (Å²) in [6.07, 6.45) is 0.833. The molecule has 170 valence electrons. The van der Waals surface area contributed by atoms with Gasteiger partial charge in [-0.2, -0.15) is 0 Å². The minimum Gasteiger partial charge on any atom is -0.493 e. The standard InChI is InChI=1S/C28H31N3O2/c1-19-11-5-6-14-23(19)28(32)29-22(4)27-30-24-15-7-8-16-25(24)31(27)17-10-18-33-26-20(2)12-9-13-21(26)3/h5-9,11-16,22H,10,17-18H2,1-4H3,(H,29,32). The Morgan fingerprint density at radius 2 is 1.61 bits per heavy atom. The van der Waals surface area contributed by atoms with Crippen LogP contribution in [0, 0.1) is 20.8 Å². The third kappa shape index (κ3) is 4.92. The lowest BCUT2D eigenvalue weighted by atomic mass is 10.1. The van der Waals surface area contributed by atoms with E-state index in [1.165, 1.54) is 0 Å². The first-order valence-corrected chi connectivity index (χ1v) is 11.5. The molecule has 5 nitrogen and oxygen atoms in total. The summed E-state index contributed by atoms with van der Waals surface area (Å²) in [5.74, 6) is 1.73. The highest BCUT2D eigenvalue weighted by Crippen LogP contribution is 2.24. The molecule has 1 amide bonds. The zero-order chi connectivity index (χ0) is 23.4. The van der Waals surface area contributed by atoms with Crippen molar-refractivity contribution in [1.82, 2.24) is 14.9 Å². The molecule has 0 spiro atoms. The van der Waals surface area contributed by atoms with Gasteiger partial charge in [-0.1, -0.05) is 48.5 Å². The van der Waals surface area contributed by atoms with Gasteiger partial charge in [0, 0.05) is 12.1 Å². The van der Waals surface area contributed by atoms with Crippen LogP contribution in [-0.4, -0.2) is 22.1 Å². The number of imidazole rings is 1. The van der Waals surface area contributed by atoms with Crippen LogP contribution in [-0.2, 0) is 6.54 Å². The van der Waals surface area contributed by atoms with Gasteiger partial charge in [-0.15, -0.1) is 0 Å². The Kier molecular flexibility index (Phi) is 6.78. The van der Waals surface area contributed by atoms with Gasteiger partial charge in [0.15, 0.2) is 0 Å². The zero-order valence-electron chi connectivity index (χ0n) is 19.8. The summed E-state index contributed by atoms with van der Waals surface area (Å²) in [7, 11) is 0. The van der Waals surface area contributed by atoms with Gasteiger partial charge >= 0.3 is 0 Å². The molecule has 1 aromatic heterocycles. The molecule has 0 aliphatic heterocycles. The molecule has 1 atom stereocenters. The lowest BCUT2D eigenvalue weighted by molar-refractivity contribution is 0.0937. The number of aromatic nitrogens is 2. The van der Waals surface area contributed by atoms with Crippen LogP contribution in [0.3, 0.4) is 0 Å². The lowest BCUT2D eigenvalue weighted by Crippen LogP contribution is -2.29. The van der Waals surface area contributed by atoms with E-state index in [1.807, 2.05) is 62.4 Å². The van der Waals surface area contributed by atoms with Gasteiger partial charge in [0.05, 0.1) is 23.7 Å². The van der Waals surface area contributed by atoms with E-state index in [0.29, 0.717) is 12.2 Å². The van der Waals surface area contributed by atoms with Crippen LogP contribution < -0.4 is 10.1 Å². The van der Waals surface area contributed by atoms with E-state index in [4.69, 9.17) is 9.72 Å². The number of nitrogens with zero attached hydrogens (tertiary/aromatic N) is 2. The number of fused-ring (bicyclic) bond motifs is 1.